The predicted molar refractivity (Wildman–Crippen MR) is 112 cm³/mol. The van der Waals surface area contributed by atoms with Crippen molar-refractivity contribution in [1.29, 1.82) is 0 Å². The van der Waals surface area contributed by atoms with Gasteiger partial charge in [0.25, 0.3) is 0 Å². The Bertz CT molecular complexity index is 336. The van der Waals surface area contributed by atoms with E-state index in [-0.39, 0.29) is 29.9 Å². The molecule has 0 unspecified atom stereocenters. The third kappa shape index (κ3) is 11.9. The van der Waals surface area contributed by atoms with Crippen molar-refractivity contribution < 1.29 is 4.79 Å². The van der Waals surface area contributed by atoms with Gasteiger partial charge in [0.05, 0.1) is 0 Å². The van der Waals surface area contributed by atoms with Crippen molar-refractivity contribution in [3.63, 3.8) is 0 Å². The number of aliphatic imine (C=N–C) groups is 1. The second-order valence-electron chi connectivity index (χ2n) is 5.83. The lowest BCUT2D eigenvalue weighted by molar-refractivity contribution is -0.121. The number of carbonyl (C=O) groups is 1. The molecule has 0 aromatic carbocycles. The molecule has 1 rings (SSSR count). The highest BCUT2D eigenvalue weighted by molar-refractivity contribution is 14.0. The molecule has 5 nitrogen and oxygen atoms in total. The summed E-state index contributed by atoms with van der Waals surface area (Å²) in [7, 11) is 1.77. The zero-order valence-corrected chi connectivity index (χ0v) is 17.7. The first-order valence-electron chi connectivity index (χ1n) is 8.46. The van der Waals surface area contributed by atoms with Crippen LogP contribution in [0.3, 0.4) is 0 Å². The van der Waals surface area contributed by atoms with Gasteiger partial charge in [-0.3, -0.25) is 9.79 Å². The van der Waals surface area contributed by atoms with Crippen LogP contribution >= 0.6 is 35.7 Å². The smallest absolute Gasteiger partial charge is 0.220 e. The minimum Gasteiger partial charge on any atom is -0.356 e. The van der Waals surface area contributed by atoms with Crippen molar-refractivity contribution in [3.05, 3.63) is 0 Å². The molecule has 0 atom stereocenters. The Kier molecular flexibility index (Phi) is 15.2. The largest absolute Gasteiger partial charge is 0.356 e. The van der Waals surface area contributed by atoms with E-state index in [9.17, 15) is 4.79 Å². The van der Waals surface area contributed by atoms with Gasteiger partial charge >= 0.3 is 0 Å². The van der Waals surface area contributed by atoms with Gasteiger partial charge in [-0.15, -0.1) is 24.0 Å². The van der Waals surface area contributed by atoms with Crippen molar-refractivity contribution in [1.82, 2.24) is 16.0 Å². The number of nitrogens with zero attached hydrogens (tertiary/aromatic N) is 1. The van der Waals surface area contributed by atoms with Crippen molar-refractivity contribution in [3.8, 4) is 0 Å². The van der Waals surface area contributed by atoms with Gasteiger partial charge in [0.15, 0.2) is 5.96 Å². The second kappa shape index (κ2) is 15.4. The maximum absolute atomic E-state index is 11.8. The monoisotopic (exact) mass is 456 g/mol. The van der Waals surface area contributed by atoms with E-state index < -0.39 is 0 Å². The van der Waals surface area contributed by atoms with E-state index in [4.69, 9.17) is 0 Å². The molecular weight excluding hydrogens is 423 g/mol. The molecule has 1 saturated carbocycles. The van der Waals surface area contributed by atoms with E-state index in [1.807, 2.05) is 11.8 Å². The standard InChI is InChI=1S/C16H32N4OS.HI/c1-17-16(19-9-5-6-12-22-2)20-11-10-18-15(21)13-14-7-3-4-8-14;/h14H,3-13H2,1-2H3,(H,18,21)(H2,17,19,20);1H. The summed E-state index contributed by atoms with van der Waals surface area (Å²) in [5, 5.41) is 9.51. The summed E-state index contributed by atoms with van der Waals surface area (Å²) in [5.74, 6) is 2.83. The van der Waals surface area contributed by atoms with Gasteiger partial charge in [0.2, 0.25) is 5.91 Å². The summed E-state index contributed by atoms with van der Waals surface area (Å²) in [6.45, 7) is 2.30. The predicted octanol–water partition coefficient (Wildman–Crippen LogP) is 2.61. The molecule has 0 heterocycles. The summed E-state index contributed by atoms with van der Waals surface area (Å²) in [5.41, 5.74) is 0. The van der Waals surface area contributed by atoms with Crippen LogP contribution in [0.25, 0.3) is 0 Å². The molecule has 0 aromatic heterocycles. The minimum atomic E-state index is 0. The van der Waals surface area contributed by atoms with Crippen LogP contribution < -0.4 is 16.0 Å². The number of thioether (sulfide) groups is 1. The van der Waals surface area contributed by atoms with Crippen LogP contribution in [0.15, 0.2) is 4.99 Å². The molecule has 1 fully saturated rings. The molecule has 1 aliphatic carbocycles. The van der Waals surface area contributed by atoms with E-state index in [2.05, 4.69) is 27.2 Å². The lowest BCUT2D eigenvalue weighted by Crippen LogP contribution is -2.42. The van der Waals surface area contributed by atoms with Crippen LogP contribution in [0, 0.1) is 5.92 Å². The number of nitrogens with one attached hydrogen (secondary N) is 3. The molecule has 0 saturated heterocycles. The Morgan fingerprint density at radius 3 is 2.39 bits per heavy atom. The number of hydrogen-bond acceptors (Lipinski definition) is 3. The van der Waals surface area contributed by atoms with Gasteiger partial charge in [-0.05, 0) is 43.6 Å². The van der Waals surface area contributed by atoms with Crippen molar-refractivity contribution in [2.45, 2.75) is 44.9 Å². The van der Waals surface area contributed by atoms with Gasteiger partial charge in [-0.1, -0.05) is 12.8 Å². The van der Waals surface area contributed by atoms with Crippen LogP contribution in [0.5, 0.6) is 0 Å². The van der Waals surface area contributed by atoms with Gasteiger partial charge in [-0.25, -0.2) is 0 Å². The van der Waals surface area contributed by atoms with Gasteiger partial charge in [-0.2, -0.15) is 11.8 Å². The van der Waals surface area contributed by atoms with E-state index in [1.54, 1.807) is 7.05 Å². The fourth-order valence-electron chi connectivity index (χ4n) is 2.73. The molecule has 0 radical (unpaired) electrons. The number of unbranched alkanes of at least 4 members (excludes halogenated alkanes) is 1. The summed E-state index contributed by atoms with van der Waals surface area (Å²) < 4.78 is 0. The fraction of sp³-hybridized carbons (Fsp3) is 0.875. The maximum atomic E-state index is 11.8. The summed E-state index contributed by atoms with van der Waals surface area (Å²) in [6, 6.07) is 0. The molecular formula is C16H33IN4OS. The Morgan fingerprint density at radius 2 is 1.74 bits per heavy atom. The number of rotatable bonds is 10. The van der Waals surface area contributed by atoms with E-state index in [1.165, 1.54) is 37.9 Å². The zero-order chi connectivity index (χ0) is 16.0. The maximum Gasteiger partial charge on any atom is 0.220 e. The zero-order valence-electron chi connectivity index (χ0n) is 14.5. The van der Waals surface area contributed by atoms with Crippen molar-refractivity contribution in [2.75, 3.05) is 38.7 Å². The first-order valence-corrected chi connectivity index (χ1v) is 9.85. The topological polar surface area (TPSA) is 65.5 Å². The van der Waals surface area contributed by atoms with Crippen LogP contribution in [0.1, 0.15) is 44.9 Å². The minimum absolute atomic E-state index is 0. The third-order valence-corrected chi connectivity index (χ3v) is 4.68. The molecule has 7 heteroatoms. The third-order valence-electron chi connectivity index (χ3n) is 3.98. The van der Waals surface area contributed by atoms with E-state index >= 15 is 0 Å². The normalized spacial score (nSPS) is 15.1. The first kappa shape index (κ1) is 22.8. The van der Waals surface area contributed by atoms with E-state index in [0.717, 1.165) is 18.9 Å². The Hall–Kier alpha value is -0.180. The lowest BCUT2D eigenvalue weighted by atomic mass is 10.0. The van der Waals surface area contributed by atoms with E-state index in [0.29, 0.717) is 25.4 Å². The quantitative estimate of drug-likeness (QED) is 0.205. The fourth-order valence-corrected chi connectivity index (χ4v) is 3.22. The SMILES string of the molecule is CN=C(NCCCCSC)NCCNC(=O)CC1CCCC1.I. The van der Waals surface area contributed by atoms with Crippen LogP contribution in [0.4, 0.5) is 0 Å². The number of amides is 1. The molecule has 0 aliphatic heterocycles. The molecule has 136 valence electrons. The molecule has 0 bridgehead atoms. The summed E-state index contributed by atoms with van der Waals surface area (Å²) in [6.07, 6.45) is 10.2. The Balaban J connectivity index is 0.00000484. The number of carbonyl (C=O) groups excluding carboxylic acids is 1. The number of hydrogen-bond donors (Lipinski definition) is 3. The van der Waals surface area contributed by atoms with Crippen LogP contribution in [-0.4, -0.2) is 50.6 Å². The molecule has 23 heavy (non-hydrogen) atoms. The number of halogens is 1. The average molecular weight is 456 g/mol. The molecule has 0 spiro atoms. The van der Waals surface area contributed by atoms with Crippen LogP contribution in [-0.2, 0) is 4.79 Å². The lowest BCUT2D eigenvalue weighted by Gasteiger charge is -2.13. The molecule has 3 N–H and O–H groups in total. The van der Waals surface area contributed by atoms with Gasteiger partial charge in [0.1, 0.15) is 0 Å². The summed E-state index contributed by atoms with van der Waals surface area (Å²) >= 11 is 1.88. The highest BCUT2D eigenvalue weighted by Gasteiger charge is 2.17. The second-order valence-corrected chi connectivity index (χ2v) is 6.82. The highest BCUT2D eigenvalue weighted by atomic mass is 127. The Labute approximate surface area is 162 Å². The van der Waals surface area contributed by atoms with Crippen molar-refractivity contribution >= 4 is 47.6 Å². The highest BCUT2D eigenvalue weighted by Crippen LogP contribution is 2.27. The average Bonchev–Trinajstić information content (AvgIpc) is 3.02. The number of guanidine groups is 1. The Morgan fingerprint density at radius 1 is 1.09 bits per heavy atom. The first-order chi connectivity index (χ1) is 10.8. The molecule has 1 aliphatic rings. The van der Waals surface area contributed by atoms with Crippen molar-refractivity contribution in [2.24, 2.45) is 10.9 Å². The molecule has 1 amide bonds. The van der Waals surface area contributed by atoms with Gasteiger partial charge < -0.3 is 16.0 Å². The van der Waals surface area contributed by atoms with Crippen LogP contribution in [0.2, 0.25) is 0 Å². The molecule has 0 aromatic rings. The van der Waals surface area contributed by atoms with Gasteiger partial charge in [0, 0.05) is 33.1 Å². The summed E-state index contributed by atoms with van der Waals surface area (Å²) in [4.78, 5) is 16.0.